The molecule has 0 aliphatic rings. The van der Waals surface area contributed by atoms with Crippen LogP contribution in [0.1, 0.15) is 33.8 Å². The summed E-state index contributed by atoms with van der Waals surface area (Å²) in [7, 11) is 0. The molecule has 2 rings (SSSR count). The molecule has 1 aromatic carbocycles. The molecule has 0 unspecified atom stereocenters. The predicted octanol–water partition coefficient (Wildman–Crippen LogP) is 4.31. The van der Waals surface area contributed by atoms with Gasteiger partial charge in [-0.2, -0.15) is 0 Å². The first-order valence-corrected chi connectivity index (χ1v) is 7.35. The van der Waals surface area contributed by atoms with Gasteiger partial charge in [-0.1, -0.05) is 28.1 Å². The summed E-state index contributed by atoms with van der Waals surface area (Å²) < 4.78 is 1.02. The van der Waals surface area contributed by atoms with Gasteiger partial charge < -0.3 is 5.32 Å². The van der Waals surface area contributed by atoms with Gasteiger partial charge in [0.2, 0.25) is 0 Å². The molecule has 1 aromatic heterocycles. The Morgan fingerprint density at radius 3 is 2.78 bits per heavy atom. The number of halogens is 1. The molecule has 1 heterocycles. The maximum Gasteiger partial charge on any atom is 0.262 e. The molecule has 4 heteroatoms. The summed E-state index contributed by atoms with van der Waals surface area (Å²) >= 11 is 4.91. The zero-order chi connectivity index (χ0) is 13.1. The van der Waals surface area contributed by atoms with Gasteiger partial charge in [0.1, 0.15) is 0 Å². The van der Waals surface area contributed by atoms with Crippen molar-refractivity contribution in [2.24, 2.45) is 0 Å². The van der Waals surface area contributed by atoms with Crippen molar-refractivity contribution in [2.45, 2.75) is 19.9 Å². The summed E-state index contributed by atoms with van der Waals surface area (Å²) in [4.78, 5) is 12.9. The van der Waals surface area contributed by atoms with E-state index in [1.54, 1.807) is 0 Å². The van der Waals surface area contributed by atoms with Crippen LogP contribution in [0.15, 0.2) is 40.2 Å². The number of amides is 1. The molecule has 18 heavy (non-hydrogen) atoms. The van der Waals surface area contributed by atoms with Crippen LogP contribution in [0.25, 0.3) is 0 Å². The first-order chi connectivity index (χ1) is 8.58. The summed E-state index contributed by atoms with van der Waals surface area (Å²) in [6.45, 7) is 3.94. The molecule has 0 fully saturated rings. The second-order valence-electron chi connectivity index (χ2n) is 4.18. The molecule has 0 radical (unpaired) electrons. The van der Waals surface area contributed by atoms with E-state index in [9.17, 15) is 4.79 Å². The third kappa shape index (κ3) is 3.00. The first kappa shape index (κ1) is 13.3. The van der Waals surface area contributed by atoms with Crippen LogP contribution in [0.3, 0.4) is 0 Å². The van der Waals surface area contributed by atoms with Gasteiger partial charge in [0, 0.05) is 4.47 Å². The molecule has 0 spiro atoms. The fraction of sp³-hybridized carbons (Fsp3) is 0.214. The first-order valence-electron chi connectivity index (χ1n) is 5.68. The van der Waals surface area contributed by atoms with Gasteiger partial charge in [0.25, 0.3) is 5.91 Å². The number of thiophene rings is 1. The molecular weight excluding hydrogens is 310 g/mol. The Kier molecular flexibility index (Phi) is 4.19. The highest BCUT2D eigenvalue weighted by atomic mass is 79.9. The molecule has 0 bridgehead atoms. The zero-order valence-corrected chi connectivity index (χ0v) is 12.6. The largest absolute Gasteiger partial charge is 0.345 e. The lowest BCUT2D eigenvalue weighted by Gasteiger charge is -2.14. The lowest BCUT2D eigenvalue weighted by Crippen LogP contribution is -2.26. The Hall–Kier alpha value is -1.13. The summed E-state index contributed by atoms with van der Waals surface area (Å²) in [5.74, 6) is -0.00465. The van der Waals surface area contributed by atoms with Gasteiger partial charge in [-0.05, 0) is 48.6 Å². The third-order valence-electron chi connectivity index (χ3n) is 2.76. The molecule has 94 valence electrons. The summed E-state index contributed by atoms with van der Waals surface area (Å²) in [5, 5.41) is 4.96. The van der Waals surface area contributed by atoms with E-state index in [1.807, 2.05) is 49.6 Å². The molecule has 0 saturated heterocycles. The Morgan fingerprint density at radius 1 is 1.39 bits per heavy atom. The van der Waals surface area contributed by atoms with E-state index in [1.165, 1.54) is 11.3 Å². The van der Waals surface area contributed by atoms with Crippen molar-refractivity contribution in [3.05, 3.63) is 56.2 Å². The minimum Gasteiger partial charge on any atom is -0.345 e. The van der Waals surface area contributed by atoms with Gasteiger partial charge in [-0.25, -0.2) is 0 Å². The third-order valence-corrected chi connectivity index (χ3v) is 4.27. The Balaban J connectivity index is 2.10. The predicted molar refractivity (Wildman–Crippen MR) is 79.1 cm³/mol. The Morgan fingerprint density at radius 2 is 2.17 bits per heavy atom. The lowest BCUT2D eigenvalue weighted by molar-refractivity contribution is 0.0943. The van der Waals surface area contributed by atoms with Crippen molar-refractivity contribution in [2.75, 3.05) is 0 Å². The van der Waals surface area contributed by atoms with Crippen LogP contribution >= 0.6 is 27.3 Å². The van der Waals surface area contributed by atoms with Gasteiger partial charge in [-0.3, -0.25) is 4.79 Å². The fourth-order valence-electron chi connectivity index (χ4n) is 1.73. The minimum absolute atomic E-state index is 0.00324. The fourth-order valence-corrected chi connectivity index (χ4v) is 2.97. The molecule has 2 nitrogen and oxygen atoms in total. The quantitative estimate of drug-likeness (QED) is 0.895. The number of aryl methyl sites for hydroxylation is 1. The number of nitrogens with one attached hydrogen (secondary N) is 1. The SMILES string of the molecule is Cc1ccsc1C(=O)N[C@@H](C)c1cccc(Br)c1. The van der Waals surface area contributed by atoms with Crippen LogP contribution in [0.2, 0.25) is 0 Å². The van der Waals surface area contributed by atoms with Crippen molar-refractivity contribution in [1.29, 1.82) is 0 Å². The molecule has 1 N–H and O–H groups in total. The molecule has 0 aliphatic carbocycles. The summed E-state index contributed by atoms with van der Waals surface area (Å²) in [5.41, 5.74) is 2.12. The second-order valence-corrected chi connectivity index (χ2v) is 6.01. The van der Waals surface area contributed by atoms with Crippen molar-refractivity contribution in [3.8, 4) is 0 Å². The van der Waals surface area contributed by atoms with E-state index < -0.39 is 0 Å². The second kappa shape index (κ2) is 5.67. The highest BCUT2D eigenvalue weighted by Crippen LogP contribution is 2.20. The van der Waals surface area contributed by atoms with E-state index in [4.69, 9.17) is 0 Å². The monoisotopic (exact) mass is 323 g/mol. The van der Waals surface area contributed by atoms with Gasteiger partial charge >= 0.3 is 0 Å². The van der Waals surface area contributed by atoms with Crippen LogP contribution in [0.4, 0.5) is 0 Å². The van der Waals surface area contributed by atoms with Crippen molar-refractivity contribution < 1.29 is 4.79 Å². The van der Waals surface area contributed by atoms with E-state index >= 15 is 0 Å². The van der Waals surface area contributed by atoms with Crippen LogP contribution in [-0.2, 0) is 0 Å². The highest BCUT2D eigenvalue weighted by molar-refractivity contribution is 9.10. The molecule has 0 saturated carbocycles. The molecule has 1 amide bonds. The average molecular weight is 324 g/mol. The van der Waals surface area contributed by atoms with Gasteiger partial charge in [0.15, 0.2) is 0 Å². The van der Waals surface area contributed by atoms with Crippen molar-refractivity contribution >= 4 is 33.2 Å². The van der Waals surface area contributed by atoms with Crippen LogP contribution in [0, 0.1) is 6.92 Å². The number of rotatable bonds is 3. The maximum atomic E-state index is 12.1. The number of carbonyl (C=O) groups excluding carboxylic acids is 1. The molecule has 0 aliphatic heterocycles. The lowest BCUT2D eigenvalue weighted by atomic mass is 10.1. The van der Waals surface area contributed by atoms with Crippen molar-refractivity contribution in [1.82, 2.24) is 5.32 Å². The maximum absolute atomic E-state index is 12.1. The molecular formula is C14H14BrNOS. The smallest absolute Gasteiger partial charge is 0.262 e. The van der Waals surface area contributed by atoms with Crippen molar-refractivity contribution in [3.63, 3.8) is 0 Å². The number of hydrogen-bond donors (Lipinski definition) is 1. The van der Waals surface area contributed by atoms with Gasteiger partial charge in [0.05, 0.1) is 10.9 Å². The number of carbonyl (C=O) groups is 1. The van der Waals surface area contributed by atoms with Crippen LogP contribution in [0.5, 0.6) is 0 Å². The highest BCUT2D eigenvalue weighted by Gasteiger charge is 2.14. The van der Waals surface area contributed by atoms with E-state index in [2.05, 4.69) is 21.2 Å². The number of hydrogen-bond acceptors (Lipinski definition) is 2. The van der Waals surface area contributed by atoms with Gasteiger partial charge in [-0.15, -0.1) is 11.3 Å². The Bertz CT molecular complexity index is 564. The summed E-state index contributed by atoms with van der Waals surface area (Å²) in [6, 6.07) is 9.93. The summed E-state index contributed by atoms with van der Waals surface area (Å²) in [6.07, 6.45) is 0. The normalized spacial score (nSPS) is 12.2. The van der Waals surface area contributed by atoms with E-state index in [-0.39, 0.29) is 11.9 Å². The van der Waals surface area contributed by atoms with E-state index in [0.29, 0.717) is 0 Å². The Labute approximate surface area is 119 Å². The van der Waals surface area contributed by atoms with Crippen LogP contribution < -0.4 is 5.32 Å². The zero-order valence-electron chi connectivity index (χ0n) is 10.2. The minimum atomic E-state index is -0.00465. The average Bonchev–Trinajstić information content (AvgIpc) is 2.75. The topological polar surface area (TPSA) is 29.1 Å². The standard InChI is InChI=1S/C14H14BrNOS/c1-9-6-7-18-13(9)14(17)16-10(2)11-4-3-5-12(15)8-11/h3-8,10H,1-2H3,(H,16,17)/t10-/m0/s1. The molecule has 2 aromatic rings. The van der Waals surface area contributed by atoms with Crippen LogP contribution in [-0.4, -0.2) is 5.91 Å². The number of benzene rings is 1. The molecule has 1 atom stereocenters. The van der Waals surface area contributed by atoms with E-state index in [0.717, 1.165) is 20.5 Å².